The van der Waals surface area contributed by atoms with Crippen molar-refractivity contribution in [2.45, 2.75) is 188 Å². The lowest BCUT2D eigenvalue weighted by atomic mass is 9.88. The van der Waals surface area contributed by atoms with Crippen LogP contribution in [0.2, 0.25) is 0 Å². The second-order valence-corrected chi connectivity index (χ2v) is 24.9. The number of hydrogen-bond donors (Lipinski definition) is 1. The molecule has 0 amide bonds. The van der Waals surface area contributed by atoms with Crippen LogP contribution < -0.4 is 41.7 Å². The van der Waals surface area contributed by atoms with Gasteiger partial charge >= 0.3 is 0 Å². The molecule has 0 fully saturated rings. The highest BCUT2D eigenvalue weighted by Crippen LogP contribution is 2.30. The summed E-state index contributed by atoms with van der Waals surface area (Å²) in [6.45, 7) is 38.6. The van der Waals surface area contributed by atoms with E-state index in [-0.39, 0.29) is 21.7 Å². The van der Waals surface area contributed by atoms with Crippen LogP contribution >= 0.6 is 48.9 Å². The Morgan fingerprint density at radius 3 is 1.03 bits per heavy atom. The maximum atomic E-state index is 11.8. The molecule has 12 heteroatoms. The molecule has 4 rings (SSSR count). The van der Waals surface area contributed by atoms with Crippen LogP contribution in [0.15, 0.2) is 19.2 Å². The predicted molar refractivity (Wildman–Crippen MR) is 304 cm³/mol. The highest BCUT2D eigenvalue weighted by molar-refractivity contribution is 7.72. The molecule has 0 atom stereocenters. The standard InChI is InChI=1S/C15H25NOS.C14H23NOS.2C13H21NOS/c1-6-16(7-2)12-11(13(17)14(12)18)9-8-10-15(3,4)5;1-6-15(5)11-10(12(16)13(11)17)8-7-9-14(2,3)4;1-13(2,3)8-6-7-9-10(14(4)5)12(16)11(9)15;1-5-14-10-9(11(15)12(10)16)7-6-8-13(2,3)4/h6-10H2,1-5H3;6-9H2,1-5H3;6-8H2,1-5H3;14H,5-8H2,1-4H3. The normalized spacial score (nSPS) is 12.0. The second kappa shape index (κ2) is 27.0. The van der Waals surface area contributed by atoms with Gasteiger partial charge in [0.1, 0.15) is 18.0 Å². The number of nitrogens with zero attached hydrogens (tertiary/aromatic N) is 3. The first kappa shape index (κ1) is 62.2. The van der Waals surface area contributed by atoms with Crippen molar-refractivity contribution in [3.8, 4) is 0 Å². The fraction of sp³-hybridized carbons (Fsp3) is 0.709. The van der Waals surface area contributed by atoms with Gasteiger partial charge in [-0.2, -0.15) is 0 Å². The molecule has 0 spiro atoms. The van der Waals surface area contributed by atoms with E-state index in [9.17, 15) is 19.2 Å². The van der Waals surface area contributed by atoms with Gasteiger partial charge in [-0.25, -0.2) is 0 Å². The zero-order chi connectivity index (χ0) is 52.0. The fourth-order valence-corrected chi connectivity index (χ4v) is 9.63. The summed E-state index contributed by atoms with van der Waals surface area (Å²) in [6.07, 6.45) is 12.3. The van der Waals surface area contributed by atoms with Gasteiger partial charge < -0.3 is 20.0 Å². The van der Waals surface area contributed by atoms with Gasteiger partial charge in [0.25, 0.3) is 0 Å². The molecule has 67 heavy (non-hydrogen) atoms. The average molecular weight is 1000 g/mol. The summed E-state index contributed by atoms with van der Waals surface area (Å²) in [6, 6.07) is 0. The number of rotatable bonds is 20. The van der Waals surface area contributed by atoms with Gasteiger partial charge in [0.05, 0.1) is 22.7 Å². The third-order valence-corrected chi connectivity index (χ3v) is 13.6. The molecule has 0 unspecified atom stereocenters. The highest BCUT2D eigenvalue weighted by Gasteiger charge is 2.24. The predicted octanol–water partition coefficient (Wildman–Crippen LogP) is 13.9. The Hall–Kier alpha value is -2.80. The van der Waals surface area contributed by atoms with Crippen LogP contribution in [0.25, 0.3) is 0 Å². The van der Waals surface area contributed by atoms with Crippen molar-refractivity contribution in [3.63, 3.8) is 0 Å². The van der Waals surface area contributed by atoms with Crippen LogP contribution in [0.1, 0.15) is 184 Å². The monoisotopic (exact) mass is 999 g/mol. The molecule has 0 heterocycles. The Kier molecular flexibility index (Phi) is 25.1. The Labute approximate surface area is 427 Å². The van der Waals surface area contributed by atoms with Crippen LogP contribution in [0.5, 0.6) is 0 Å². The second-order valence-electron chi connectivity index (χ2n) is 23.2. The quantitative estimate of drug-likeness (QED) is 0.0855. The van der Waals surface area contributed by atoms with Crippen molar-refractivity contribution < 1.29 is 0 Å². The summed E-state index contributed by atoms with van der Waals surface area (Å²) in [7, 11) is 5.88. The van der Waals surface area contributed by atoms with Gasteiger partial charge in [0.15, 0.2) is 0 Å². The third-order valence-electron chi connectivity index (χ3n) is 12.1. The molecular weight excluding hydrogens is 909 g/mol. The summed E-state index contributed by atoms with van der Waals surface area (Å²) in [5, 5.41) is 3.18. The van der Waals surface area contributed by atoms with E-state index in [1.807, 2.05) is 33.0 Å². The maximum absolute atomic E-state index is 11.8. The lowest BCUT2D eigenvalue weighted by molar-refractivity contribution is 0.365. The molecule has 1 N–H and O–H groups in total. The van der Waals surface area contributed by atoms with Gasteiger partial charge in [0.2, 0.25) is 21.7 Å². The minimum absolute atomic E-state index is 0.0832. The van der Waals surface area contributed by atoms with Crippen LogP contribution in [0.3, 0.4) is 0 Å². The average Bonchev–Trinajstić information content (AvgIpc) is 3.22. The summed E-state index contributed by atoms with van der Waals surface area (Å²) in [4.78, 5) is 53.0. The molecule has 0 radical (unpaired) electrons. The first-order valence-electron chi connectivity index (χ1n) is 24.9. The molecule has 0 bridgehead atoms. The third kappa shape index (κ3) is 19.5. The van der Waals surface area contributed by atoms with E-state index in [2.05, 4.69) is 119 Å². The zero-order valence-corrected chi connectivity index (χ0v) is 48.7. The van der Waals surface area contributed by atoms with Crippen molar-refractivity contribution in [1.29, 1.82) is 0 Å². The van der Waals surface area contributed by atoms with Crippen LogP contribution in [0, 0.1) is 39.7 Å². The number of anilines is 4. The molecule has 0 aliphatic heterocycles. The molecular formula is C55H90N4O4S4. The Morgan fingerprint density at radius 2 is 0.716 bits per heavy atom. The van der Waals surface area contributed by atoms with Crippen molar-refractivity contribution in [3.05, 3.63) is 81.2 Å². The smallest absolute Gasteiger partial charge is 0.204 e. The van der Waals surface area contributed by atoms with E-state index < -0.39 is 0 Å². The molecule has 0 aliphatic carbocycles. The molecule has 378 valence electrons. The lowest BCUT2D eigenvalue weighted by Crippen LogP contribution is -2.31. The maximum Gasteiger partial charge on any atom is 0.204 e. The summed E-state index contributed by atoms with van der Waals surface area (Å²) in [5.74, 6) is 0. The first-order valence-corrected chi connectivity index (χ1v) is 26.5. The topological polar surface area (TPSA) is 90.0 Å². The molecule has 4 aromatic carbocycles. The largest absolute Gasteiger partial charge is 0.384 e. The number of hydrogen-bond acceptors (Lipinski definition) is 12. The Balaban J connectivity index is 0.000000447. The minimum atomic E-state index is 0.0832. The molecule has 0 saturated heterocycles. The van der Waals surface area contributed by atoms with Crippen LogP contribution in [-0.4, -0.2) is 47.3 Å². The van der Waals surface area contributed by atoms with Gasteiger partial charge in [-0.15, -0.1) is 0 Å². The van der Waals surface area contributed by atoms with Crippen molar-refractivity contribution >= 4 is 71.6 Å². The Bertz CT molecular complexity index is 2450. The first-order chi connectivity index (χ1) is 30.7. The zero-order valence-electron chi connectivity index (χ0n) is 45.4. The highest BCUT2D eigenvalue weighted by atomic mass is 32.1. The summed E-state index contributed by atoms with van der Waals surface area (Å²) >= 11 is 20.4. The van der Waals surface area contributed by atoms with Crippen molar-refractivity contribution in [2.75, 3.05) is 67.3 Å². The van der Waals surface area contributed by atoms with Gasteiger partial charge in [-0.3, -0.25) is 19.2 Å². The number of nitrogens with one attached hydrogen (secondary N) is 1. The van der Waals surface area contributed by atoms with Crippen molar-refractivity contribution in [1.82, 2.24) is 0 Å². The van der Waals surface area contributed by atoms with Gasteiger partial charge in [-0.1, -0.05) is 132 Å². The van der Waals surface area contributed by atoms with Crippen LogP contribution in [0.4, 0.5) is 22.7 Å². The van der Waals surface area contributed by atoms with E-state index >= 15 is 0 Å². The van der Waals surface area contributed by atoms with E-state index in [4.69, 9.17) is 48.9 Å². The van der Waals surface area contributed by atoms with E-state index in [0.717, 1.165) is 148 Å². The van der Waals surface area contributed by atoms with E-state index in [1.54, 1.807) is 0 Å². The molecule has 0 saturated carbocycles. The molecule has 0 aliphatic rings. The fourth-order valence-electron chi connectivity index (χ4n) is 8.11. The minimum Gasteiger partial charge on any atom is -0.384 e. The van der Waals surface area contributed by atoms with Gasteiger partial charge in [-0.05, 0) is 126 Å². The van der Waals surface area contributed by atoms with Crippen LogP contribution in [-0.2, 0) is 25.7 Å². The van der Waals surface area contributed by atoms with Crippen molar-refractivity contribution in [2.24, 2.45) is 21.7 Å². The van der Waals surface area contributed by atoms with E-state index in [1.165, 1.54) is 0 Å². The molecule has 0 aromatic heterocycles. The summed E-state index contributed by atoms with van der Waals surface area (Å²) < 4.78 is 2.08. The lowest BCUT2D eigenvalue weighted by Gasteiger charge is -2.26. The summed E-state index contributed by atoms with van der Waals surface area (Å²) in [5.41, 5.74) is 9.47. The molecule has 8 nitrogen and oxygen atoms in total. The SMILES string of the molecule is CCN(C)c1c(CCCC(C)(C)C)c(=O)c1=S.CCN(CC)c1c(CCCC(C)(C)C)c(=O)c1=S.CCNc1c(CCCC(C)(C)C)c(=O)c1=S.CN(C)c1c(CCCC(C)(C)C)c(=O)c1=S. The molecule has 4 aromatic rings. The van der Waals surface area contributed by atoms with E-state index in [0.29, 0.717) is 39.7 Å². The Morgan fingerprint density at radius 1 is 0.418 bits per heavy atom. The van der Waals surface area contributed by atoms with Gasteiger partial charge in [0, 0.05) is 69.6 Å².